The van der Waals surface area contributed by atoms with Gasteiger partial charge in [0.25, 0.3) is 0 Å². The van der Waals surface area contributed by atoms with Crippen molar-refractivity contribution in [3.8, 4) is 0 Å². The number of rotatable bonds is 0. The van der Waals surface area contributed by atoms with Crippen LogP contribution >= 0.6 is 24.0 Å². The van der Waals surface area contributed by atoms with Crippen LogP contribution in [-0.4, -0.2) is 23.1 Å². The van der Waals surface area contributed by atoms with E-state index in [0.717, 1.165) is 5.56 Å². The van der Waals surface area contributed by atoms with Crippen molar-refractivity contribution in [3.63, 3.8) is 0 Å². The van der Waals surface area contributed by atoms with Crippen LogP contribution in [0, 0.1) is 14.4 Å². The fourth-order valence-electron chi connectivity index (χ4n) is 0.478. The summed E-state index contributed by atoms with van der Waals surface area (Å²) in [7, 11) is 0. The molecule has 0 aliphatic carbocycles. The van der Waals surface area contributed by atoms with Crippen LogP contribution in [0.5, 0.6) is 0 Å². The molecule has 0 spiro atoms. The van der Waals surface area contributed by atoms with Crippen molar-refractivity contribution in [3.05, 3.63) is 50.2 Å². The minimum atomic E-state index is 0. The first-order chi connectivity index (χ1) is 3.39. The van der Waals surface area contributed by atoms with Crippen LogP contribution in [0.25, 0.3) is 0 Å². The summed E-state index contributed by atoms with van der Waals surface area (Å²) in [5, 5.41) is 0. The molecule has 0 fully saturated rings. The predicted molar refractivity (Wildman–Crippen MR) is 58.5 cm³/mol. The number of hydrogen-bond acceptors (Lipinski definition) is 0. The van der Waals surface area contributed by atoms with Gasteiger partial charge < -0.3 is 7.43 Å². The second-order valence-corrected chi connectivity index (χ2v) is 1.49. The molecule has 0 N–H and O–H groups in total. The Kier molecular flexibility index (Phi) is 16.2. The summed E-state index contributed by atoms with van der Waals surface area (Å²) in [6.07, 6.45) is 0. The quantitative estimate of drug-likeness (QED) is 0.381. The molecule has 0 amide bonds. The topological polar surface area (TPSA) is 0 Å². The van der Waals surface area contributed by atoms with Crippen LogP contribution < -0.4 is 0 Å². The zero-order valence-corrected chi connectivity index (χ0v) is 9.95. The van der Waals surface area contributed by atoms with E-state index in [2.05, 4.69) is 6.92 Å². The third-order valence-electron chi connectivity index (χ3n) is 0.843. The van der Waals surface area contributed by atoms with E-state index in [0.29, 0.717) is 0 Å². The summed E-state index contributed by atoms with van der Waals surface area (Å²) in [5.74, 6) is 0. The van der Waals surface area contributed by atoms with Gasteiger partial charge >= 0.3 is 23.1 Å². The van der Waals surface area contributed by atoms with E-state index >= 15 is 0 Å². The molecule has 1 rings (SSSR count). The van der Waals surface area contributed by atoms with Gasteiger partial charge in [0.15, 0.2) is 0 Å². The normalized spacial score (nSPS) is 6.00. The molecule has 52 valence electrons. The molecule has 0 saturated heterocycles. The zero-order chi connectivity index (χ0) is 5.11. The monoisotopic (exact) mass is 258 g/mol. The molecule has 0 unspecified atom stereocenters. The van der Waals surface area contributed by atoms with Gasteiger partial charge in [0.2, 0.25) is 0 Å². The molecule has 0 radical (unpaired) electrons. The average molecular weight is 258 g/mol. The minimum Gasteiger partial charge on any atom is -0.358 e. The first kappa shape index (κ1) is 16.9. The Bertz CT molecular complexity index is 139. The van der Waals surface area contributed by atoms with Gasteiger partial charge in [-0.25, -0.2) is 0 Å². The summed E-state index contributed by atoms with van der Waals surface area (Å²) < 4.78 is 0. The number of hydrogen-bond donors (Lipinski definition) is 0. The Balaban J connectivity index is -0.000000163. The molecule has 10 heavy (non-hydrogen) atoms. The second kappa shape index (κ2) is 9.59. The van der Waals surface area contributed by atoms with Crippen molar-refractivity contribution in [2.24, 2.45) is 0 Å². The molecular weight excluding hydrogens is 247 g/mol. The van der Waals surface area contributed by atoms with Gasteiger partial charge in [-0.05, 0) is 0 Å². The Morgan fingerprint density at radius 1 is 1.00 bits per heavy atom. The van der Waals surface area contributed by atoms with Crippen LogP contribution in [0.3, 0.4) is 0 Å². The van der Waals surface area contributed by atoms with Crippen molar-refractivity contribution in [1.82, 2.24) is 0 Å². The van der Waals surface area contributed by atoms with Gasteiger partial charge in [-0.3, -0.25) is 0 Å². The Hall–Kier alpha value is 0.586. The van der Waals surface area contributed by atoms with Crippen molar-refractivity contribution in [2.45, 2.75) is 0 Å². The SMILES string of the molecule is I.[CH2-]c1ccccc1.[CH3-].[Mg+2]. The molecule has 0 heterocycles. The van der Waals surface area contributed by atoms with Crippen LogP contribution in [0.15, 0.2) is 30.3 Å². The van der Waals surface area contributed by atoms with Crippen molar-refractivity contribution >= 4 is 47.0 Å². The summed E-state index contributed by atoms with van der Waals surface area (Å²) in [6, 6.07) is 9.87. The maximum Gasteiger partial charge on any atom is 2.00 e. The molecule has 0 atom stereocenters. The molecule has 1 aromatic rings. The fourth-order valence-corrected chi connectivity index (χ4v) is 0.478. The number of benzene rings is 1. The standard InChI is InChI=1S/C7H7.CH3.HI.Mg/c1-7-5-3-2-4-6-7;;;/h2-6H,1H2;1H3;1H;/q2*-1;;+2. The van der Waals surface area contributed by atoms with Crippen molar-refractivity contribution in [2.75, 3.05) is 0 Å². The first-order valence-corrected chi connectivity index (χ1v) is 2.26. The Labute approximate surface area is 96.6 Å². The Morgan fingerprint density at radius 2 is 1.40 bits per heavy atom. The zero-order valence-electron chi connectivity index (χ0n) is 6.21. The van der Waals surface area contributed by atoms with Crippen LogP contribution in [0.2, 0.25) is 0 Å². The van der Waals surface area contributed by atoms with Crippen molar-refractivity contribution < 1.29 is 0 Å². The van der Waals surface area contributed by atoms with E-state index < -0.39 is 0 Å². The largest absolute Gasteiger partial charge is 2.00 e. The van der Waals surface area contributed by atoms with Gasteiger partial charge in [0.1, 0.15) is 0 Å². The smallest absolute Gasteiger partial charge is 0.358 e. The second-order valence-electron chi connectivity index (χ2n) is 1.49. The molecule has 0 aromatic heterocycles. The van der Waals surface area contributed by atoms with E-state index in [1.165, 1.54) is 0 Å². The molecule has 0 aliphatic heterocycles. The van der Waals surface area contributed by atoms with E-state index in [9.17, 15) is 0 Å². The summed E-state index contributed by atoms with van der Waals surface area (Å²) >= 11 is 0. The van der Waals surface area contributed by atoms with Crippen LogP contribution in [-0.2, 0) is 0 Å². The molecule has 0 nitrogen and oxygen atoms in total. The van der Waals surface area contributed by atoms with Gasteiger partial charge in [-0.2, -0.15) is 24.6 Å². The van der Waals surface area contributed by atoms with Crippen LogP contribution in [0.4, 0.5) is 0 Å². The molecule has 0 saturated carbocycles. The number of halogens is 1. The van der Waals surface area contributed by atoms with E-state index in [1.54, 1.807) is 0 Å². The molecule has 0 aliphatic rings. The van der Waals surface area contributed by atoms with E-state index in [4.69, 9.17) is 0 Å². The van der Waals surface area contributed by atoms with Crippen LogP contribution in [0.1, 0.15) is 5.56 Å². The van der Waals surface area contributed by atoms with Gasteiger partial charge in [-0.15, -0.1) is 36.1 Å². The molecule has 0 bridgehead atoms. The van der Waals surface area contributed by atoms with Gasteiger partial charge in [0, 0.05) is 0 Å². The average Bonchev–Trinajstić information content (AvgIpc) is 1.69. The third-order valence-corrected chi connectivity index (χ3v) is 0.843. The first-order valence-electron chi connectivity index (χ1n) is 2.26. The predicted octanol–water partition coefficient (Wildman–Crippen LogP) is 2.56. The summed E-state index contributed by atoms with van der Waals surface area (Å²) in [5.41, 5.74) is 1.07. The van der Waals surface area contributed by atoms with E-state index in [-0.39, 0.29) is 54.5 Å². The fraction of sp³-hybridized carbons (Fsp3) is 0. The maximum atomic E-state index is 3.72. The van der Waals surface area contributed by atoms with Gasteiger partial charge in [0.05, 0.1) is 0 Å². The summed E-state index contributed by atoms with van der Waals surface area (Å²) in [6.45, 7) is 3.72. The third kappa shape index (κ3) is 6.70. The molecular formula is C8H11IMg. The maximum absolute atomic E-state index is 3.72. The minimum absolute atomic E-state index is 0. The Morgan fingerprint density at radius 3 is 1.60 bits per heavy atom. The van der Waals surface area contributed by atoms with E-state index in [1.807, 2.05) is 30.3 Å². The van der Waals surface area contributed by atoms with Crippen molar-refractivity contribution in [1.29, 1.82) is 0 Å². The summed E-state index contributed by atoms with van der Waals surface area (Å²) in [4.78, 5) is 0. The molecule has 2 heteroatoms. The molecule has 1 aromatic carbocycles. The van der Waals surface area contributed by atoms with Gasteiger partial charge in [-0.1, -0.05) is 6.07 Å².